The SMILES string of the molecule is COc1ccc(-c2noc(CN(C(=O)[C@H](C)Oc3ccccc3)C3CCCCC3)n2)cc1. The smallest absolute Gasteiger partial charge is 0.264 e. The minimum Gasteiger partial charge on any atom is -0.497 e. The van der Waals surface area contributed by atoms with Crippen LogP contribution in [0.15, 0.2) is 59.1 Å². The summed E-state index contributed by atoms with van der Waals surface area (Å²) in [5.74, 6) is 2.29. The molecule has 1 aliphatic rings. The van der Waals surface area contributed by atoms with Gasteiger partial charge < -0.3 is 18.9 Å². The molecule has 1 fully saturated rings. The topological polar surface area (TPSA) is 77.7 Å². The number of aromatic nitrogens is 2. The zero-order chi connectivity index (χ0) is 22.3. The molecule has 1 amide bonds. The van der Waals surface area contributed by atoms with Gasteiger partial charge in [-0.2, -0.15) is 4.98 Å². The Balaban J connectivity index is 1.50. The van der Waals surface area contributed by atoms with Crippen molar-refractivity contribution >= 4 is 5.91 Å². The summed E-state index contributed by atoms with van der Waals surface area (Å²) in [5, 5.41) is 4.12. The van der Waals surface area contributed by atoms with E-state index < -0.39 is 6.10 Å². The lowest BCUT2D eigenvalue weighted by Gasteiger charge is -2.35. The van der Waals surface area contributed by atoms with Crippen LogP contribution in [0.1, 0.15) is 44.9 Å². The van der Waals surface area contributed by atoms with Crippen LogP contribution in [-0.2, 0) is 11.3 Å². The highest BCUT2D eigenvalue weighted by atomic mass is 16.5. The first-order valence-corrected chi connectivity index (χ1v) is 11.1. The number of ether oxygens (including phenoxy) is 2. The standard InChI is InChI=1S/C25H29N3O4/c1-18(31-22-11-7-4-8-12-22)25(29)28(20-9-5-3-6-10-20)17-23-26-24(27-32-23)19-13-15-21(30-2)16-14-19/h4,7-8,11-16,18,20H,3,5-6,9-10,17H2,1-2H3/t18-/m0/s1. The summed E-state index contributed by atoms with van der Waals surface area (Å²) in [6, 6.07) is 17.0. The third-order valence-electron chi connectivity index (χ3n) is 5.82. The molecule has 7 nitrogen and oxygen atoms in total. The van der Waals surface area contributed by atoms with Crippen LogP contribution in [-0.4, -0.2) is 40.2 Å². The molecule has 0 N–H and O–H groups in total. The van der Waals surface area contributed by atoms with E-state index >= 15 is 0 Å². The largest absolute Gasteiger partial charge is 0.497 e. The van der Waals surface area contributed by atoms with E-state index in [1.165, 1.54) is 6.42 Å². The molecule has 1 aliphatic carbocycles. The molecule has 1 heterocycles. The Morgan fingerprint density at radius 3 is 2.47 bits per heavy atom. The second-order valence-electron chi connectivity index (χ2n) is 8.07. The second-order valence-corrected chi connectivity index (χ2v) is 8.07. The Morgan fingerprint density at radius 2 is 1.78 bits per heavy atom. The number of nitrogens with zero attached hydrogens (tertiary/aromatic N) is 3. The highest BCUT2D eigenvalue weighted by molar-refractivity contribution is 5.81. The van der Waals surface area contributed by atoms with Crippen molar-refractivity contribution < 1.29 is 18.8 Å². The normalized spacial score (nSPS) is 15.2. The summed E-state index contributed by atoms with van der Waals surface area (Å²) < 4.78 is 16.6. The van der Waals surface area contributed by atoms with Gasteiger partial charge in [0.1, 0.15) is 18.0 Å². The van der Waals surface area contributed by atoms with Gasteiger partial charge in [0.15, 0.2) is 6.10 Å². The first-order valence-electron chi connectivity index (χ1n) is 11.1. The predicted molar refractivity (Wildman–Crippen MR) is 120 cm³/mol. The number of methoxy groups -OCH3 is 1. The average molecular weight is 436 g/mol. The summed E-state index contributed by atoms with van der Waals surface area (Å²) in [4.78, 5) is 19.8. The molecule has 4 rings (SSSR count). The summed E-state index contributed by atoms with van der Waals surface area (Å²) in [6.07, 6.45) is 4.78. The van der Waals surface area contributed by atoms with Crippen LogP contribution in [0.25, 0.3) is 11.4 Å². The molecule has 1 atom stereocenters. The molecular formula is C25H29N3O4. The molecule has 1 saturated carbocycles. The Labute approximate surface area is 188 Å². The lowest BCUT2D eigenvalue weighted by molar-refractivity contribution is -0.142. The third kappa shape index (κ3) is 5.28. The van der Waals surface area contributed by atoms with Gasteiger partial charge in [-0.1, -0.05) is 42.6 Å². The zero-order valence-corrected chi connectivity index (χ0v) is 18.6. The van der Waals surface area contributed by atoms with Gasteiger partial charge in [-0.25, -0.2) is 0 Å². The number of rotatable bonds is 8. The van der Waals surface area contributed by atoms with Gasteiger partial charge in [0.25, 0.3) is 5.91 Å². The number of carbonyl (C=O) groups excluding carboxylic acids is 1. The van der Waals surface area contributed by atoms with Crippen LogP contribution < -0.4 is 9.47 Å². The molecule has 0 saturated heterocycles. The number of benzene rings is 2. The van der Waals surface area contributed by atoms with Crippen LogP contribution in [0.4, 0.5) is 0 Å². The van der Waals surface area contributed by atoms with Crippen molar-refractivity contribution in [1.29, 1.82) is 0 Å². The molecule has 0 bridgehead atoms. The average Bonchev–Trinajstić information content (AvgIpc) is 3.32. The van der Waals surface area contributed by atoms with Crippen molar-refractivity contribution in [1.82, 2.24) is 15.0 Å². The maximum absolute atomic E-state index is 13.4. The fraction of sp³-hybridized carbons (Fsp3) is 0.400. The van der Waals surface area contributed by atoms with Crippen molar-refractivity contribution in [3.63, 3.8) is 0 Å². The van der Waals surface area contributed by atoms with Crippen molar-refractivity contribution in [2.75, 3.05) is 7.11 Å². The minimum atomic E-state index is -0.608. The molecule has 0 aliphatic heterocycles. The van der Waals surface area contributed by atoms with Crippen molar-refractivity contribution in [2.24, 2.45) is 0 Å². The van der Waals surface area contributed by atoms with Gasteiger partial charge in [-0.15, -0.1) is 0 Å². The van der Waals surface area contributed by atoms with E-state index in [0.29, 0.717) is 17.5 Å². The Morgan fingerprint density at radius 1 is 1.06 bits per heavy atom. The number of carbonyl (C=O) groups is 1. The van der Waals surface area contributed by atoms with Crippen molar-refractivity contribution in [3.8, 4) is 22.9 Å². The van der Waals surface area contributed by atoms with E-state index in [1.54, 1.807) is 14.0 Å². The fourth-order valence-electron chi connectivity index (χ4n) is 4.09. The monoisotopic (exact) mass is 435 g/mol. The quantitative estimate of drug-likeness (QED) is 0.502. The Hall–Kier alpha value is -3.35. The second kappa shape index (κ2) is 10.3. The first kappa shape index (κ1) is 21.9. The summed E-state index contributed by atoms with van der Waals surface area (Å²) in [6.45, 7) is 2.07. The van der Waals surface area contributed by atoms with Crippen molar-refractivity contribution in [2.45, 2.75) is 57.7 Å². The lowest BCUT2D eigenvalue weighted by Crippen LogP contribution is -2.46. The van der Waals surface area contributed by atoms with Crippen LogP contribution >= 0.6 is 0 Å². The minimum absolute atomic E-state index is 0.0649. The molecule has 168 valence electrons. The lowest BCUT2D eigenvalue weighted by atomic mass is 9.94. The van der Waals surface area contributed by atoms with E-state index in [0.717, 1.165) is 37.0 Å². The van der Waals surface area contributed by atoms with E-state index in [2.05, 4.69) is 10.1 Å². The number of amides is 1. The molecular weight excluding hydrogens is 406 g/mol. The number of para-hydroxylation sites is 1. The van der Waals surface area contributed by atoms with Gasteiger partial charge in [-0.3, -0.25) is 4.79 Å². The molecule has 0 unspecified atom stereocenters. The Kier molecular flexibility index (Phi) is 7.04. The van der Waals surface area contributed by atoms with Crippen LogP contribution in [0.5, 0.6) is 11.5 Å². The summed E-state index contributed by atoms with van der Waals surface area (Å²) in [7, 11) is 1.63. The summed E-state index contributed by atoms with van der Waals surface area (Å²) in [5.41, 5.74) is 0.831. The zero-order valence-electron chi connectivity index (χ0n) is 18.6. The maximum atomic E-state index is 13.4. The molecule has 2 aromatic carbocycles. The van der Waals surface area contributed by atoms with Crippen LogP contribution in [0.2, 0.25) is 0 Å². The van der Waals surface area contributed by atoms with Gasteiger partial charge in [-0.05, 0) is 56.2 Å². The fourth-order valence-corrected chi connectivity index (χ4v) is 4.09. The number of hydrogen-bond donors (Lipinski definition) is 0. The molecule has 32 heavy (non-hydrogen) atoms. The highest BCUT2D eigenvalue weighted by Gasteiger charge is 2.31. The predicted octanol–water partition coefficient (Wildman–Crippen LogP) is 4.87. The van der Waals surface area contributed by atoms with E-state index in [1.807, 2.05) is 59.5 Å². The highest BCUT2D eigenvalue weighted by Crippen LogP contribution is 2.26. The molecule has 0 spiro atoms. The van der Waals surface area contributed by atoms with Crippen LogP contribution in [0, 0.1) is 0 Å². The van der Waals surface area contributed by atoms with Gasteiger partial charge in [0, 0.05) is 11.6 Å². The molecule has 7 heteroatoms. The first-order chi connectivity index (χ1) is 15.6. The molecule has 1 aromatic heterocycles. The van der Waals surface area contributed by atoms with Gasteiger partial charge in [0.05, 0.1) is 7.11 Å². The number of hydrogen-bond acceptors (Lipinski definition) is 6. The van der Waals surface area contributed by atoms with E-state index in [-0.39, 0.29) is 18.5 Å². The van der Waals surface area contributed by atoms with E-state index in [9.17, 15) is 4.79 Å². The molecule has 3 aromatic rings. The summed E-state index contributed by atoms with van der Waals surface area (Å²) >= 11 is 0. The third-order valence-corrected chi connectivity index (χ3v) is 5.82. The van der Waals surface area contributed by atoms with Crippen molar-refractivity contribution in [3.05, 3.63) is 60.5 Å². The maximum Gasteiger partial charge on any atom is 0.264 e. The van der Waals surface area contributed by atoms with Gasteiger partial charge >= 0.3 is 0 Å². The Bertz CT molecular complexity index is 998. The van der Waals surface area contributed by atoms with Gasteiger partial charge in [0.2, 0.25) is 11.7 Å². The van der Waals surface area contributed by atoms with E-state index in [4.69, 9.17) is 14.0 Å². The van der Waals surface area contributed by atoms with Crippen LogP contribution in [0.3, 0.4) is 0 Å². The molecule has 0 radical (unpaired) electrons.